The summed E-state index contributed by atoms with van der Waals surface area (Å²) in [4.78, 5) is 7.61. The molecule has 3 rings (SSSR count). The highest BCUT2D eigenvalue weighted by Crippen LogP contribution is 2.33. The minimum atomic E-state index is -4.58. The number of rotatable bonds is 1. The van der Waals surface area contributed by atoms with Gasteiger partial charge in [-0.3, -0.25) is 0 Å². The molecule has 0 amide bonds. The Morgan fingerprint density at radius 3 is 2.26 bits per heavy atom. The molecule has 0 unspecified atom stereocenters. The smallest absolute Gasteiger partial charge is 0.312 e. The van der Waals surface area contributed by atoms with Crippen molar-refractivity contribution in [2.75, 3.05) is 0 Å². The van der Waals surface area contributed by atoms with Crippen molar-refractivity contribution in [3.05, 3.63) is 46.1 Å². The third-order valence-corrected chi connectivity index (χ3v) is 3.72. The second kappa shape index (κ2) is 5.26. The zero-order chi connectivity index (χ0) is 16.9. The molecule has 0 fully saturated rings. The lowest BCUT2D eigenvalue weighted by Gasteiger charge is -2.06. The average Bonchev–Trinajstić information content (AvgIpc) is 2.74. The van der Waals surface area contributed by atoms with Crippen LogP contribution in [-0.2, 0) is 13.2 Å². The van der Waals surface area contributed by atoms with Crippen LogP contribution in [-0.4, -0.2) is 14.5 Å². The van der Waals surface area contributed by atoms with E-state index in [2.05, 4.69) is 25.9 Å². The van der Waals surface area contributed by atoms with Gasteiger partial charge in [0, 0.05) is 17.7 Å². The van der Waals surface area contributed by atoms with E-state index >= 15 is 0 Å². The van der Waals surface area contributed by atoms with Gasteiger partial charge in [-0.25, -0.2) is 18.7 Å². The third-order valence-electron chi connectivity index (χ3n) is 3.27. The summed E-state index contributed by atoms with van der Waals surface area (Å²) in [6, 6.07) is 2.89. The molecule has 0 aliphatic carbocycles. The van der Waals surface area contributed by atoms with Crippen LogP contribution in [0.3, 0.4) is 0 Å². The highest BCUT2D eigenvalue weighted by atomic mass is 79.9. The highest BCUT2D eigenvalue weighted by Gasteiger charge is 2.32. The fourth-order valence-corrected chi connectivity index (χ4v) is 2.61. The number of imidazole rings is 1. The fraction of sp³-hybridized carbons (Fsp3) is 0.143. The average molecular weight is 392 g/mol. The molecule has 3 nitrogen and oxygen atoms in total. The Balaban J connectivity index is 2.26. The van der Waals surface area contributed by atoms with Crippen molar-refractivity contribution in [2.45, 2.75) is 6.18 Å². The zero-order valence-corrected chi connectivity index (χ0v) is 13.0. The largest absolute Gasteiger partial charge is 0.417 e. The van der Waals surface area contributed by atoms with Gasteiger partial charge in [0.15, 0.2) is 5.65 Å². The van der Waals surface area contributed by atoms with E-state index in [9.17, 15) is 22.0 Å². The number of hydrogen-bond donors (Lipinski definition) is 0. The van der Waals surface area contributed by atoms with Crippen molar-refractivity contribution in [3.8, 4) is 11.4 Å². The summed E-state index contributed by atoms with van der Waals surface area (Å²) in [5, 5.41) is 0. The van der Waals surface area contributed by atoms with Gasteiger partial charge in [-0.1, -0.05) is 15.9 Å². The first-order valence-corrected chi connectivity index (χ1v) is 7.02. The molecule has 0 aliphatic rings. The van der Waals surface area contributed by atoms with E-state index in [4.69, 9.17) is 0 Å². The third kappa shape index (κ3) is 2.69. The molecular formula is C14H7BrF5N3. The van der Waals surface area contributed by atoms with E-state index in [0.29, 0.717) is 6.20 Å². The molecule has 0 spiro atoms. The number of fused-ring (bicyclic) bond motifs is 1. The van der Waals surface area contributed by atoms with Gasteiger partial charge in [-0.2, -0.15) is 13.2 Å². The number of hydrogen-bond acceptors (Lipinski definition) is 2. The molecule has 0 bridgehead atoms. The second-order valence-electron chi connectivity index (χ2n) is 4.80. The lowest BCUT2D eigenvalue weighted by atomic mass is 10.2. The maximum atomic E-state index is 14.1. The Bertz CT molecular complexity index is 894. The van der Waals surface area contributed by atoms with Crippen LogP contribution in [0.25, 0.3) is 22.6 Å². The van der Waals surface area contributed by atoms with Crippen LogP contribution in [0.2, 0.25) is 0 Å². The number of alkyl halides is 3. The van der Waals surface area contributed by atoms with Crippen molar-refractivity contribution in [3.63, 3.8) is 0 Å². The van der Waals surface area contributed by atoms with Gasteiger partial charge in [0.25, 0.3) is 0 Å². The molecule has 1 aromatic carbocycles. The van der Waals surface area contributed by atoms with Crippen LogP contribution in [0.15, 0.2) is 28.9 Å². The number of halogens is 6. The molecule has 0 atom stereocenters. The normalized spacial score (nSPS) is 12.1. The second-order valence-corrected chi connectivity index (χ2v) is 5.72. The molecule has 2 heterocycles. The van der Waals surface area contributed by atoms with Crippen LogP contribution >= 0.6 is 15.9 Å². The first-order valence-electron chi connectivity index (χ1n) is 6.23. The molecule has 23 heavy (non-hydrogen) atoms. The van der Waals surface area contributed by atoms with Gasteiger partial charge in [0.2, 0.25) is 0 Å². The fourth-order valence-electron chi connectivity index (χ4n) is 2.21. The van der Waals surface area contributed by atoms with Crippen LogP contribution in [0.5, 0.6) is 0 Å². The van der Waals surface area contributed by atoms with Crippen molar-refractivity contribution in [1.82, 2.24) is 14.5 Å². The number of pyridine rings is 1. The van der Waals surface area contributed by atoms with Gasteiger partial charge in [-0.05, 0) is 18.2 Å². The minimum Gasteiger partial charge on any atom is -0.312 e. The Morgan fingerprint density at radius 1 is 1.09 bits per heavy atom. The van der Waals surface area contributed by atoms with Gasteiger partial charge >= 0.3 is 6.18 Å². The standard InChI is InChI=1S/C14H7BrF5N3/c1-23-12-10(2-6(5-21-12)14(18,19)20)22-13(23)11-8(16)3-7(15)4-9(11)17/h2-5H,1H3. The van der Waals surface area contributed by atoms with Crippen LogP contribution in [0.4, 0.5) is 22.0 Å². The number of aryl methyl sites for hydroxylation is 1. The van der Waals surface area contributed by atoms with E-state index in [1.165, 1.54) is 11.6 Å². The molecule has 120 valence electrons. The van der Waals surface area contributed by atoms with Gasteiger partial charge < -0.3 is 4.57 Å². The Labute approximate surface area is 134 Å². The summed E-state index contributed by atoms with van der Waals surface area (Å²) in [6.07, 6.45) is -3.92. The molecular weight excluding hydrogens is 385 g/mol. The Kier molecular flexibility index (Phi) is 3.62. The van der Waals surface area contributed by atoms with E-state index in [1.807, 2.05) is 0 Å². The zero-order valence-electron chi connectivity index (χ0n) is 11.4. The number of benzene rings is 1. The van der Waals surface area contributed by atoms with E-state index in [1.54, 1.807) is 0 Å². The predicted molar refractivity (Wildman–Crippen MR) is 76.6 cm³/mol. The van der Waals surface area contributed by atoms with Crippen LogP contribution in [0, 0.1) is 11.6 Å². The maximum absolute atomic E-state index is 14.1. The van der Waals surface area contributed by atoms with E-state index in [0.717, 1.165) is 18.2 Å². The van der Waals surface area contributed by atoms with Gasteiger partial charge in [0.05, 0.1) is 11.1 Å². The minimum absolute atomic E-state index is 0.0923. The molecule has 0 radical (unpaired) electrons. The monoisotopic (exact) mass is 391 g/mol. The van der Waals surface area contributed by atoms with Crippen molar-refractivity contribution in [2.24, 2.45) is 7.05 Å². The van der Waals surface area contributed by atoms with Crippen molar-refractivity contribution >= 4 is 27.1 Å². The first-order chi connectivity index (χ1) is 10.7. The van der Waals surface area contributed by atoms with Gasteiger partial charge in [0.1, 0.15) is 23.0 Å². The molecule has 2 aromatic heterocycles. The molecule has 0 saturated carbocycles. The summed E-state index contributed by atoms with van der Waals surface area (Å²) < 4.78 is 67.7. The molecule has 9 heteroatoms. The summed E-state index contributed by atoms with van der Waals surface area (Å²) in [5.41, 5.74) is -1.41. The van der Waals surface area contributed by atoms with Crippen LogP contribution < -0.4 is 0 Å². The lowest BCUT2D eigenvalue weighted by Crippen LogP contribution is -2.05. The lowest BCUT2D eigenvalue weighted by molar-refractivity contribution is -0.137. The van der Waals surface area contributed by atoms with E-state index in [-0.39, 0.29) is 21.5 Å². The van der Waals surface area contributed by atoms with Gasteiger partial charge in [-0.15, -0.1) is 0 Å². The molecule has 0 N–H and O–H groups in total. The molecule has 0 saturated heterocycles. The summed E-state index contributed by atoms with van der Waals surface area (Å²) in [7, 11) is 1.42. The highest BCUT2D eigenvalue weighted by molar-refractivity contribution is 9.10. The maximum Gasteiger partial charge on any atom is 0.417 e. The first kappa shape index (κ1) is 15.9. The van der Waals surface area contributed by atoms with E-state index < -0.39 is 28.9 Å². The van der Waals surface area contributed by atoms with Crippen molar-refractivity contribution in [1.29, 1.82) is 0 Å². The molecule has 3 aromatic rings. The van der Waals surface area contributed by atoms with Crippen molar-refractivity contribution < 1.29 is 22.0 Å². The summed E-state index contributed by atoms with van der Waals surface area (Å²) in [5.74, 6) is -1.91. The predicted octanol–water partition coefficient (Wildman–Crippen LogP) is 4.69. The number of nitrogens with zero attached hydrogens (tertiary/aromatic N) is 3. The summed E-state index contributed by atoms with van der Waals surface area (Å²) in [6.45, 7) is 0. The topological polar surface area (TPSA) is 30.7 Å². The summed E-state index contributed by atoms with van der Waals surface area (Å²) >= 11 is 2.96. The van der Waals surface area contributed by atoms with Crippen LogP contribution in [0.1, 0.15) is 5.56 Å². The quantitative estimate of drug-likeness (QED) is 0.563. The SMILES string of the molecule is Cn1c(-c2c(F)cc(Br)cc2F)nc2cc(C(F)(F)F)cnc21. The Morgan fingerprint density at radius 2 is 1.70 bits per heavy atom. The molecule has 0 aliphatic heterocycles. The Hall–Kier alpha value is -2.03. The number of aromatic nitrogens is 3.